The molecule has 0 fully saturated rings. The van der Waals surface area contributed by atoms with Crippen LogP contribution in [-0.2, 0) is 9.53 Å². The van der Waals surface area contributed by atoms with E-state index in [4.69, 9.17) is 9.47 Å². The minimum absolute atomic E-state index is 0.0878. The van der Waals surface area contributed by atoms with Gasteiger partial charge in [0, 0.05) is 12.5 Å². The van der Waals surface area contributed by atoms with Crippen LogP contribution >= 0.6 is 0 Å². The molecule has 0 aromatic heterocycles. The number of benzene rings is 1. The molecule has 1 aromatic rings. The summed E-state index contributed by atoms with van der Waals surface area (Å²) >= 11 is 0. The molecule has 1 aromatic carbocycles. The fourth-order valence-electron chi connectivity index (χ4n) is 2.15. The third-order valence-corrected chi connectivity index (χ3v) is 3.41. The molecule has 0 unspecified atom stereocenters. The molecule has 0 radical (unpaired) electrons. The molecule has 118 valence electrons. The molecule has 0 saturated carbocycles. The van der Waals surface area contributed by atoms with E-state index in [0.717, 1.165) is 31.6 Å². The first-order valence-corrected chi connectivity index (χ1v) is 7.70. The number of unbranched alkanes of at least 4 members (excludes halogenated alkanes) is 2. The standard InChI is InChI=1S/C17H27NO3/c1-4-21-17(19)11-6-5-7-12-18-14(2)15-9-8-10-16(13-15)20-3/h8-10,13-14,18H,4-7,11-12H2,1-3H3/t14-/m1/s1. The highest BCUT2D eigenvalue weighted by Crippen LogP contribution is 2.18. The smallest absolute Gasteiger partial charge is 0.305 e. The zero-order valence-electron chi connectivity index (χ0n) is 13.4. The summed E-state index contributed by atoms with van der Waals surface area (Å²) in [4.78, 5) is 11.2. The average molecular weight is 293 g/mol. The second-order valence-electron chi connectivity index (χ2n) is 5.07. The summed E-state index contributed by atoms with van der Waals surface area (Å²) in [6, 6.07) is 8.40. The van der Waals surface area contributed by atoms with Crippen LogP contribution in [0.5, 0.6) is 5.75 Å². The van der Waals surface area contributed by atoms with Crippen LogP contribution in [0.1, 0.15) is 51.1 Å². The molecule has 0 amide bonds. The van der Waals surface area contributed by atoms with Crippen molar-refractivity contribution in [3.05, 3.63) is 29.8 Å². The lowest BCUT2D eigenvalue weighted by molar-refractivity contribution is -0.143. The third kappa shape index (κ3) is 7.14. The largest absolute Gasteiger partial charge is 0.497 e. The Balaban J connectivity index is 2.16. The zero-order chi connectivity index (χ0) is 15.5. The minimum Gasteiger partial charge on any atom is -0.497 e. The molecule has 0 aliphatic heterocycles. The van der Waals surface area contributed by atoms with Gasteiger partial charge in [-0.05, 0) is 50.9 Å². The van der Waals surface area contributed by atoms with Crippen molar-refractivity contribution in [2.45, 2.75) is 45.6 Å². The van der Waals surface area contributed by atoms with Gasteiger partial charge in [-0.15, -0.1) is 0 Å². The van der Waals surface area contributed by atoms with Gasteiger partial charge >= 0.3 is 5.97 Å². The number of esters is 1. The summed E-state index contributed by atoms with van der Waals surface area (Å²) in [6.45, 7) is 5.40. The van der Waals surface area contributed by atoms with E-state index < -0.39 is 0 Å². The van der Waals surface area contributed by atoms with Gasteiger partial charge in [-0.2, -0.15) is 0 Å². The second kappa shape index (κ2) is 10.2. The number of rotatable bonds is 10. The maximum absolute atomic E-state index is 11.2. The molecular weight excluding hydrogens is 266 g/mol. The molecule has 1 rings (SSSR count). The van der Waals surface area contributed by atoms with E-state index in [1.165, 1.54) is 5.56 Å². The van der Waals surface area contributed by atoms with Crippen LogP contribution in [-0.4, -0.2) is 26.2 Å². The van der Waals surface area contributed by atoms with Gasteiger partial charge in [0.05, 0.1) is 13.7 Å². The van der Waals surface area contributed by atoms with E-state index in [2.05, 4.69) is 24.4 Å². The van der Waals surface area contributed by atoms with Gasteiger partial charge in [-0.3, -0.25) is 4.79 Å². The molecular formula is C17H27NO3. The fraction of sp³-hybridized carbons (Fsp3) is 0.588. The van der Waals surface area contributed by atoms with Crippen LogP contribution < -0.4 is 10.1 Å². The van der Waals surface area contributed by atoms with E-state index in [0.29, 0.717) is 19.1 Å². The monoisotopic (exact) mass is 293 g/mol. The van der Waals surface area contributed by atoms with E-state index >= 15 is 0 Å². The molecule has 4 nitrogen and oxygen atoms in total. The Morgan fingerprint density at radius 1 is 1.29 bits per heavy atom. The lowest BCUT2D eigenvalue weighted by Gasteiger charge is -2.15. The number of hydrogen-bond donors (Lipinski definition) is 1. The number of carbonyl (C=O) groups excluding carboxylic acids is 1. The van der Waals surface area contributed by atoms with Gasteiger partial charge in [-0.25, -0.2) is 0 Å². The maximum atomic E-state index is 11.2. The summed E-state index contributed by atoms with van der Waals surface area (Å²) < 4.78 is 10.1. The van der Waals surface area contributed by atoms with Gasteiger partial charge < -0.3 is 14.8 Å². The number of hydrogen-bond acceptors (Lipinski definition) is 4. The third-order valence-electron chi connectivity index (χ3n) is 3.41. The van der Waals surface area contributed by atoms with E-state index in [1.807, 2.05) is 19.1 Å². The van der Waals surface area contributed by atoms with Crippen molar-refractivity contribution >= 4 is 5.97 Å². The summed E-state index contributed by atoms with van der Waals surface area (Å²) in [5.74, 6) is 0.797. The average Bonchev–Trinajstić information content (AvgIpc) is 2.50. The lowest BCUT2D eigenvalue weighted by atomic mass is 10.1. The predicted molar refractivity (Wildman–Crippen MR) is 84.5 cm³/mol. The Hall–Kier alpha value is -1.55. The minimum atomic E-state index is -0.0878. The van der Waals surface area contributed by atoms with Gasteiger partial charge in [0.2, 0.25) is 0 Å². The van der Waals surface area contributed by atoms with Crippen molar-refractivity contribution < 1.29 is 14.3 Å². The Bertz CT molecular complexity index is 420. The first kappa shape index (κ1) is 17.5. The maximum Gasteiger partial charge on any atom is 0.305 e. The molecule has 21 heavy (non-hydrogen) atoms. The SMILES string of the molecule is CCOC(=O)CCCCCN[C@H](C)c1cccc(OC)c1. The van der Waals surface area contributed by atoms with Gasteiger partial charge in [0.15, 0.2) is 0 Å². The predicted octanol–water partition coefficient (Wildman–Crippen LogP) is 3.47. The van der Waals surface area contributed by atoms with Crippen LogP contribution in [0.2, 0.25) is 0 Å². The topological polar surface area (TPSA) is 47.6 Å². The molecule has 0 spiro atoms. The Kier molecular flexibility index (Phi) is 8.51. The van der Waals surface area contributed by atoms with Crippen molar-refractivity contribution in [3.63, 3.8) is 0 Å². The molecule has 0 heterocycles. The summed E-state index contributed by atoms with van der Waals surface area (Å²) in [5, 5.41) is 3.49. The number of methoxy groups -OCH3 is 1. The Labute approximate surface area is 127 Å². The number of nitrogens with one attached hydrogen (secondary N) is 1. The normalized spacial score (nSPS) is 12.0. The molecule has 1 N–H and O–H groups in total. The lowest BCUT2D eigenvalue weighted by Crippen LogP contribution is -2.19. The Morgan fingerprint density at radius 3 is 2.81 bits per heavy atom. The van der Waals surface area contributed by atoms with Crippen LogP contribution in [0, 0.1) is 0 Å². The first-order valence-electron chi connectivity index (χ1n) is 7.70. The van der Waals surface area contributed by atoms with Crippen LogP contribution in [0.4, 0.5) is 0 Å². The molecule has 0 saturated heterocycles. The van der Waals surface area contributed by atoms with Gasteiger partial charge in [-0.1, -0.05) is 18.6 Å². The Morgan fingerprint density at radius 2 is 2.10 bits per heavy atom. The van der Waals surface area contributed by atoms with Crippen molar-refractivity contribution in [1.82, 2.24) is 5.32 Å². The van der Waals surface area contributed by atoms with Crippen LogP contribution in [0.3, 0.4) is 0 Å². The van der Waals surface area contributed by atoms with E-state index in [1.54, 1.807) is 7.11 Å². The van der Waals surface area contributed by atoms with E-state index in [9.17, 15) is 4.79 Å². The van der Waals surface area contributed by atoms with E-state index in [-0.39, 0.29) is 5.97 Å². The zero-order valence-corrected chi connectivity index (χ0v) is 13.4. The summed E-state index contributed by atoms with van der Waals surface area (Å²) in [5.41, 5.74) is 1.22. The highest BCUT2D eigenvalue weighted by Gasteiger charge is 2.05. The van der Waals surface area contributed by atoms with Gasteiger partial charge in [0.1, 0.15) is 5.75 Å². The second-order valence-corrected chi connectivity index (χ2v) is 5.07. The number of carbonyl (C=O) groups is 1. The molecule has 0 bridgehead atoms. The van der Waals surface area contributed by atoms with Crippen molar-refractivity contribution in [3.8, 4) is 5.75 Å². The van der Waals surface area contributed by atoms with Crippen LogP contribution in [0.25, 0.3) is 0 Å². The first-order chi connectivity index (χ1) is 10.2. The van der Waals surface area contributed by atoms with Crippen molar-refractivity contribution in [2.75, 3.05) is 20.3 Å². The van der Waals surface area contributed by atoms with Gasteiger partial charge in [0.25, 0.3) is 0 Å². The van der Waals surface area contributed by atoms with Crippen LogP contribution in [0.15, 0.2) is 24.3 Å². The fourth-order valence-corrected chi connectivity index (χ4v) is 2.15. The summed E-state index contributed by atoms with van der Waals surface area (Å²) in [6.07, 6.45) is 3.53. The highest BCUT2D eigenvalue weighted by molar-refractivity contribution is 5.69. The molecule has 4 heteroatoms. The number of ether oxygens (including phenoxy) is 2. The highest BCUT2D eigenvalue weighted by atomic mass is 16.5. The van der Waals surface area contributed by atoms with Crippen molar-refractivity contribution in [2.24, 2.45) is 0 Å². The van der Waals surface area contributed by atoms with Crippen molar-refractivity contribution in [1.29, 1.82) is 0 Å². The molecule has 1 atom stereocenters. The molecule has 0 aliphatic carbocycles. The summed E-state index contributed by atoms with van der Waals surface area (Å²) in [7, 11) is 1.68. The molecule has 0 aliphatic rings. The quantitative estimate of drug-likeness (QED) is 0.530.